The molecular formula is C15H27NO3. The molecule has 0 heterocycles. The first-order chi connectivity index (χ1) is 8.86. The number of hydrogen-bond donors (Lipinski definition) is 1. The van der Waals surface area contributed by atoms with Crippen LogP contribution < -0.4 is 5.32 Å². The van der Waals surface area contributed by atoms with Crippen molar-refractivity contribution in [2.24, 2.45) is 16.7 Å². The van der Waals surface area contributed by atoms with E-state index in [9.17, 15) is 4.79 Å². The lowest BCUT2D eigenvalue weighted by molar-refractivity contribution is -0.146. The molecule has 2 aliphatic carbocycles. The number of ether oxygens (including phenoxy) is 2. The minimum absolute atomic E-state index is 0.242. The first-order valence-electron chi connectivity index (χ1n) is 7.23. The van der Waals surface area contributed by atoms with Crippen LogP contribution in [0, 0.1) is 16.7 Å². The first-order valence-corrected chi connectivity index (χ1v) is 7.23. The predicted octanol–water partition coefficient (Wildman–Crippen LogP) is 1.98. The second-order valence-electron chi connectivity index (χ2n) is 6.80. The Labute approximate surface area is 116 Å². The summed E-state index contributed by atoms with van der Waals surface area (Å²) in [5, 5.41) is 2.95. The molecule has 2 aliphatic rings. The number of fused-ring (bicyclic) bond motifs is 2. The van der Waals surface area contributed by atoms with Crippen LogP contribution in [0.25, 0.3) is 0 Å². The van der Waals surface area contributed by atoms with Gasteiger partial charge in [-0.3, -0.25) is 4.79 Å². The van der Waals surface area contributed by atoms with Gasteiger partial charge >= 0.3 is 5.97 Å². The summed E-state index contributed by atoms with van der Waals surface area (Å²) < 4.78 is 10.9. The fourth-order valence-corrected chi connectivity index (χ4v) is 4.01. The molecule has 110 valence electrons. The monoisotopic (exact) mass is 269 g/mol. The summed E-state index contributed by atoms with van der Waals surface area (Å²) in [6.45, 7) is 7.47. The number of likely N-dealkylation sites (N-methyl/N-ethyl adjacent to an activating group) is 1. The van der Waals surface area contributed by atoms with Gasteiger partial charge in [-0.05, 0) is 43.1 Å². The summed E-state index contributed by atoms with van der Waals surface area (Å²) in [6.07, 6.45) is 3.94. The van der Waals surface area contributed by atoms with Crippen molar-refractivity contribution in [3.63, 3.8) is 0 Å². The Bertz CT molecular complexity index is 355. The van der Waals surface area contributed by atoms with Gasteiger partial charge < -0.3 is 14.8 Å². The van der Waals surface area contributed by atoms with E-state index in [0.717, 1.165) is 12.3 Å². The molecule has 0 radical (unpaired) electrons. The van der Waals surface area contributed by atoms with Gasteiger partial charge in [-0.1, -0.05) is 20.8 Å². The summed E-state index contributed by atoms with van der Waals surface area (Å²) >= 11 is 0. The fraction of sp³-hybridized carbons (Fsp3) is 0.933. The second-order valence-corrected chi connectivity index (χ2v) is 6.80. The maximum atomic E-state index is 11.6. The molecule has 0 aromatic rings. The van der Waals surface area contributed by atoms with Crippen molar-refractivity contribution in [3.05, 3.63) is 0 Å². The Morgan fingerprint density at radius 1 is 1.42 bits per heavy atom. The number of methoxy groups -OCH3 is 1. The highest BCUT2D eigenvalue weighted by Crippen LogP contribution is 2.66. The smallest absolute Gasteiger partial charge is 0.325 e. The van der Waals surface area contributed by atoms with Crippen molar-refractivity contribution in [3.8, 4) is 0 Å². The molecule has 0 amide bonds. The van der Waals surface area contributed by atoms with Gasteiger partial charge in [0.1, 0.15) is 6.04 Å². The van der Waals surface area contributed by atoms with Gasteiger partial charge in [0.2, 0.25) is 0 Å². The van der Waals surface area contributed by atoms with Gasteiger partial charge in [0.25, 0.3) is 0 Å². The lowest BCUT2D eigenvalue weighted by Crippen LogP contribution is -2.43. The number of nitrogens with one attached hydrogen (secondary N) is 1. The van der Waals surface area contributed by atoms with Crippen molar-refractivity contribution >= 4 is 5.97 Å². The predicted molar refractivity (Wildman–Crippen MR) is 73.8 cm³/mol. The minimum atomic E-state index is -0.365. The molecule has 19 heavy (non-hydrogen) atoms. The largest absolute Gasteiger partial charge is 0.468 e. The van der Waals surface area contributed by atoms with E-state index in [-0.39, 0.29) is 23.5 Å². The molecule has 2 fully saturated rings. The van der Waals surface area contributed by atoms with Crippen LogP contribution in [0.2, 0.25) is 0 Å². The summed E-state index contributed by atoms with van der Waals surface area (Å²) in [5.74, 6) is 0.503. The summed E-state index contributed by atoms with van der Waals surface area (Å²) in [6, 6.07) is -0.365. The molecule has 2 rings (SSSR count). The number of hydrogen-bond acceptors (Lipinski definition) is 4. The zero-order valence-electron chi connectivity index (χ0n) is 12.8. The van der Waals surface area contributed by atoms with Crippen LogP contribution in [0.4, 0.5) is 0 Å². The van der Waals surface area contributed by atoms with Crippen molar-refractivity contribution < 1.29 is 14.3 Å². The molecule has 2 bridgehead atoms. The third kappa shape index (κ3) is 2.19. The normalized spacial score (nSPS) is 37.3. The average Bonchev–Trinajstić information content (AvgIpc) is 2.71. The van der Waals surface area contributed by atoms with Crippen molar-refractivity contribution in [1.82, 2.24) is 5.32 Å². The van der Waals surface area contributed by atoms with E-state index < -0.39 is 0 Å². The molecule has 4 nitrogen and oxygen atoms in total. The maximum Gasteiger partial charge on any atom is 0.325 e. The molecule has 0 aromatic carbocycles. The lowest BCUT2D eigenvalue weighted by atomic mass is 9.70. The average molecular weight is 269 g/mol. The number of carbonyl (C=O) groups is 1. The molecule has 4 heteroatoms. The highest BCUT2D eigenvalue weighted by atomic mass is 16.5. The molecule has 0 aliphatic heterocycles. The van der Waals surface area contributed by atoms with Crippen molar-refractivity contribution in [2.45, 2.75) is 52.2 Å². The lowest BCUT2D eigenvalue weighted by Gasteiger charge is -2.39. The molecule has 0 spiro atoms. The molecule has 4 unspecified atom stereocenters. The second kappa shape index (κ2) is 5.06. The zero-order valence-corrected chi connectivity index (χ0v) is 12.8. The van der Waals surface area contributed by atoms with Gasteiger partial charge in [-0.2, -0.15) is 0 Å². The van der Waals surface area contributed by atoms with Crippen molar-refractivity contribution in [2.75, 3.05) is 20.8 Å². The third-order valence-electron chi connectivity index (χ3n) is 6.01. The first kappa shape index (κ1) is 14.8. The number of esters is 1. The summed E-state index contributed by atoms with van der Waals surface area (Å²) in [5.41, 5.74) is 0.587. The van der Waals surface area contributed by atoms with Crippen LogP contribution in [-0.2, 0) is 14.3 Å². The Morgan fingerprint density at radius 3 is 2.53 bits per heavy atom. The third-order valence-corrected chi connectivity index (χ3v) is 6.01. The van der Waals surface area contributed by atoms with E-state index in [0.29, 0.717) is 12.0 Å². The number of rotatable bonds is 5. The van der Waals surface area contributed by atoms with E-state index in [4.69, 9.17) is 9.47 Å². The highest BCUT2D eigenvalue weighted by molar-refractivity contribution is 5.75. The Hall–Kier alpha value is -0.610. The standard InChI is InChI=1S/C15H27NO3/c1-14(2)10-6-7-15(14,3)12(8-10)19-9-11(16-4)13(17)18-5/h10-12,16H,6-9H2,1-5H3. The maximum absolute atomic E-state index is 11.6. The van der Waals surface area contributed by atoms with Gasteiger partial charge in [0.05, 0.1) is 19.8 Å². The minimum Gasteiger partial charge on any atom is -0.468 e. The fourth-order valence-electron chi connectivity index (χ4n) is 4.01. The van der Waals surface area contributed by atoms with Crippen LogP contribution in [0.15, 0.2) is 0 Å². The summed E-state index contributed by atoms with van der Waals surface area (Å²) in [7, 11) is 3.17. The number of carbonyl (C=O) groups excluding carboxylic acids is 1. The quantitative estimate of drug-likeness (QED) is 0.775. The Balaban J connectivity index is 1.97. The molecular weight excluding hydrogens is 242 g/mol. The molecule has 2 saturated carbocycles. The SMILES string of the molecule is CNC(COC1CC2CCC1(C)C2(C)C)C(=O)OC. The van der Waals surface area contributed by atoms with Crippen LogP contribution in [0.3, 0.4) is 0 Å². The Morgan fingerprint density at radius 2 is 2.11 bits per heavy atom. The van der Waals surface area contributed by atoms with Gasteiger partial charge in [-0.25, -0.2) is 0 Å². The van der Waals surface area contributed by atoms with Crippen LogP contribution in [-0.4, -0.2) is 38.9 Å². The molecule has 0 saturated heterocycles. The van der Waals surface area contributed by atoms with Crippen LogP contribution in [0.5, 0.6) is 0 Å². The molecule has 4 atom stereocenters. The van der Waals surface area contributed by atoms with Gasteiger partial charge in [0, 0.05) is 0 Å². The van der Waals surface area contributed by atoms with Crippen molar-refractivity contribution in [1.29, 1.82) is 0 Å². The summed E-state index contributed by atoms with van der Waals surface area (Å²) in [4.78, 5) is 11.6. The van der Waals surface area contributed by atoms with Crippen LogP contribution in [0.1, 0.15) is 40.0 Å². The van der Waals surface area contributed by atoms with Gasteiger partial charge in [-0.15, -0.1) is 0 Å². The van der Waals surface area contributed by atoms with E-state index in [1.54, 1.807) is 7.05 Å². The van der Waals surface area contributed by atoms with E-state index >= 15 is 0 Å². The van der Waals surface area contributed by atoms with Gasteiger partial charge in [0.15, 0.2) is 0 Å². The Kier molecular flexibility index (Phi) is 3.94. The molecule has 0 aromatic heterocycles. The van der Waals surface area contributed by atoms with E-state index in [1.807, 2.05) is 0 Å². The van der Waals surface area contributed by atoms with Crippen LogP contribution >= 0.6 is 0 Å². The topological polar surface area (TPSA) is 47.6 Å². The van der Waals surface area contributed by atoms with E-state index in [1.165, 1.54) is 20.0 Å². The zero-order chi connectivity index (χ0) is 14.3. The highest BCUT2D eigenvalue weighted by Gasteiger charge is 2.61. The van der Waals surface area contributed by atoms with E-state index in [2.05, 4.69) is 26.1 Å². The molecule has 1 N–H and O–H groups in total.